The number of pyridine rings is 1. The molecule has 1 unspecified atom stereocenters. The summed E-state index contributed by atoms with van der Waals surface area (Å²) in [5, 5.41) is 5.29. The zero-order valence-electron chi connectivity index (χ0n) is 8.49. The Morgan fingerprint density at radius 2 is 2.50 bits per heavy atom. The number of rotatable bonds is 2. The molecule has 1 fully saturated rings. The molecule has 1 aromatic rings. The summed E-state index contributed by atoms with van der Waals surface area (Å²) in [6.07, 6.45) is 4.50. The number of hydrogen-bond donors (Lipinski definition) is 1. The first-order valence-electron chi connectivity index (χ1n) is 5.14. The molecule has 1 atom stereocenters. The van der Waals surface area contributed by atoms with Crippen molar-refractivity contribution in [3.05, 3.63) is 23.9 Å². The Labute approximate surface area is 89.5 Å². The van der Waals surface area contributed by atoms with Crippen LogP contribution < -0.4 is 5.32 Å². The molecular formula is C11H16N2S. The molecule has 0 aliphatic carbocycles. The van der Waals surface area contributed by atoms with Gasteiger partial charge in [0.05, 0.1) is 5.03 Å². The molecule has 1 N–H and O–H groups in total. The molecule has 76 valence electrons. The Morgan fingerprint density at radius 1 is 1.57 bits per heavy atom. The van der Waals surface area contributed by atoms with Gasteiger partial charge in [-0.15, -0.1) is 11.8 Å². The van der Waals surface area contributed by atoms with Crippen LogP contribution in [-0.2, 0) is 0 Å². The van der Waals surface area contributed by atoms with E-state index in [4.69, 9.17) is 0 Å². The second-order valence-corrected chi connectivity index (χ2v) is 5.08. The minimum Gasteiger partial charge on any atom is -0.316 e. The van der Waals surface area contributed by atoms with E-state index in [1.54, 1.807) is 0 Å². The van der Waals surface area contributed by atoms with E-state index in [2.05, 4.69) is 23.3 Å². The van der Waals surface area contributed by atoms with Crippen LogP contribution in [0.3, 0.4) is 0 Å². The van der Waals surface area contributed by atoms with Crippen molar-refractivity contribution >= 4 is 11.8 Å². The zero-order chi connectivity index (χ0) is 9.80. The predicted molar refractivity (Wildman–Crippen MR) is 60.7 cm³/mol. The van der Waals surface area contributed by atoms with E-state index in [1.165, 1.54) is 30.0 Å². The topological polar surface area (TPSA) is 24.9 Å². The number of nitrogens with zero attached hydrogens (tertiary/aromatic N) is 1. The van der Waals surface area contributed by atoms with Crippen molar-refractivity contribution in [2.45, 2.75) is 30.0 Å². The van der Waals surface area contributed by atoms with E-state index in [0.717, 1.165) is 6.54 Å². The monoisotopic (exact) mass is 208 g/mol. The predicted octanol–water partition coefficient (Wildman–Crippen LogP) is 2.23. The molecule has 1 saturated heterocycles. The summed E-state index contributed by atoms with van der Waals surface area (Å²) in [4.78, 5) is 4.37. The maximum absolute atomic E-state index is 4.37. The third-order valence-electron chi connectivity index (χ3n) is 2.43. The Kier molecular flexibility index (Phi) is 3.43. The number of aryl methyl sites for hydroxylation is 1. The number of hydrogen-bond acceptors (Lipinski definition) is 3. The lowest BCUT2D eigenvalue weighted by molar-refractivity contribution is 0.531. The maximum Gasteiger partial charge on any atom is 0.0965 e. The molecule has 14 heavy (non-hydrogen) atoms. The number of thioether (sulfide) groups is 1. The van der Waals surface area contributed by atoms with Crippen LogP contribution in [0.15, 0.2) is 23.4 Å². The van der Waals surface area contributed by atoms with E-state index in [1.807, 2.05) is 24.0 Å². The molecule has 0 bridgehead atoms. The Hall–Kier alpha value is -0.540. The normalized spacial score (nSPS) is 22.2. The summed E-state index contributed by atoms with van der Waals surface area (Å²) in [5.41, 5.74) is 1.30. The fraction of sp³-hybridized carbons (Fsp3) is 0.545. The molecule has 2 nitrogen and oxygen atoms in total. The van der Waals surface area contributed by atoms with Crippen molar-refractivity contribution in [3.8, 4) is 0 Å². The summed E-state index contributed by atoms with van der Waals surface area (Å²) >= 11 is 1.91. The molecule has 3 heteroatoms. The standard InChI is InChI=1S/C11H16N2S/c1-9-4-6-13-11(7-9)14-10-3-2-5-12-8-10/h4,6-7,10,12H,2-3,5,8H2,1H3. The Bertz CT molecular complexity index is 295. The van der Waals surface area contributed by atoms with Crippen LogP contribution in [0.25, 0.3) is 0 Å². The summed E-state index contributed by atoms with van der Waals surface area (Å²) in [5.74, 6) is 0. The summed E-state index contributed by atoms with van der Waals surface area (Å²) < 4.78 is 0. The minimum atomic E-state index is 0.707. The van der Waals surface area contributed by atoms with E-state index in [0.29, 0.717) is 5.25 Å². The molecule has 0 amide bonds. The van der Waals surface area contributed by atoms with Crippen LogP contribution in [0.2, 0.25) is 0 Å². The number of nitrogens with one attached hydrogen (secondary N) is 1. The van der Waals surface area contributed by atoms with Crippen LogP contribution in [-0.4, -0.2) is 23.3 Å². The van der Waals surface area contributed by atoms with Crippen molar-refractivity contribution in [1.82, 2.24) is 10.3 Å². The van der Waals surface area contributed by atoms with Crippen molar-refractivity contribution in [1.29, 1.82) is 0 Å². The van der Waals surface area contributed by atoms with Crippen molar-refractivity contribution in [3.63, 3.8) is 0 Å². The molecule has 0 saturated carbocycles. The third kappa shape index (κ3) is 2.72. The van der Waals surface area contributed by atoms with Gasteiger partial charge in [-0.1, -0.05) is 0 Å². The van der Waals surface area contributed by atoms with Crippen molar-refractivity contribution in [2.75, 3.05) is 13.1 Å². The van der Waals surface area contributed by atoms with Gasteiger partial charge in [-0.25, -0.2) is 4.98 Å². The highest BCUT2D eigenvalue weighted by atomic mass is 32.2. The van der Waals surface area contributed by atoms with Crippen LogP contribution in [0.5, 0.6) is 0 Å². The van der Waals surface area contributed by atoms with Crippen LogP contribution in [0.4, 0.5) is 0 Å². The molecule has 1 aliphatic rings. The van der Waals surface area contributed by atoms with Crippen molar-refractivity contribution in [2.24, 2.45) is 0 Å². The lowest BCUT2D eigenvalue weighted by Gasteiger charge is -2.21. The highest BCUT2D eigenvalue weighted by Gasteiger charge is 2.14. The van der Waals surface area contributed by atoms with E-state index in [9.17, 15) is 0 Å². The maximum atomic E-state index is 4.37. The van der Waals surface area contributed by atoms with Gasteiger partial charge >= 0.3 is 0 Å². The largest absolute Gasteiger partial charge is 0.316 e. The lowest BCUT2D eigenvalue weighted by Crippen LogP contribution is -2.31. The Balaban J connectivity index is 1.95. The first-order valence-corrected chi connectivity index (χ1v) is 6.02. The summed E-state index contributed by atoms with van der Waals surface area (Å²) in [7, 11) is 0. The second kappa shape index (κ2) is 4.80. The molecule has 2 heterocycles. The van der Waals surface area contributed by atoms with Gasteiger partial charge in [0.25, 0.3) is 0 Å². The van der Waals surface area contributed by atoms with Gasteiger partial charge in [-0.2, -0.15) is 0 Å². The van der Waals surface area contributed by atoms with Crippen molar-refractivity contribution < 1.29 is 0 Å². The van der Waals surface area contributed by atoms with Gasteiger partial charge in [0.2, 0.25) is 0 Å². The first kappa shape index (κ1) is 9.99. The highest BCUT2D eigenvalue weighted by Crippen LogP contribution is 2.25. The van der Waals surface area contributed by atoms with Crippen LogP contribution in [0, 0.1) is 6.92 Å². The lowest BCUT2D eigenvalue weighted by atomic mass is 10.2. The molecule has 2 rings (SSSR count). The van der Waals surface area contributed by atoms with Gasteiger partial charge in [0.15, 0.2) is 0 Å². The van der Waals surface area contributed by atoms with Gasteiger partial charge in [-0.05, 0) is 44.0 Å². The number of piperidine rings is 1. The Morgan fingerprint density at radius 3 is 3.21 bits per heavy atom. The number of aromatic nitrogens is 1. The fourth-order valence-corrected chi connectivity index (χ4v) is 2.87. The molecule has 0 spiro atoms. The van der Waals surface area contributed by atoms with E-state index >= 15 is 0 Å². The quantitative estimate of drug-likeness (QED) is 0.807. The summed E-state index contributed by atoms with van der Waals surface area (Å²) in [6.45, 7) is 4.42. The van der Waals surface area contributed by atoms with E-state index < -0.39 is 0 Å². The van der Waals surface area contributed by atoms with Gasteiger partial charge < -0.3 is 5.32 Å². The fourth-order valence-electron chi connectivity index (χ4n) is 1.66. The third-order valence-corrected chi connectivity index (χ3v) is 3.63. The molecular weight excluding hydrogens is 192 g/mol. The van der Waals surface area contributed by atoms with Crippen LogP contribution in [0.1, 0.15) is 18.4 Å². The molecule has 1 aromatic heterocycles. The first-order chi connectivity index (χ1) is 6.84. The zero-order valence-corrected chi connectivity index (χ0v) is 9.31. The minimum absolute atomic E-state index is 0.707. The van der Waals surface area contributed by atoms with Gasteiger partial charge in [0.1, 0.15) is 0 Å². The van der Waals surface area contributed by atoms with Gasteiger partial charge in [-0.3, -0.25) is 0 Å². The SMILES string of the molecule is Cc1ccnc(SC2CCCNC2)c1. The second-order valence-electron chi connectivity index (χ2n) is 3.76. The van der Waals surface area contributed by atoms with Crippen LogP contribution >= 0.6 is 11.8 Å². The molecule has 0 radical (unpaired) electrons. The average molecular weight is 208 g/mol. The summed E-state index contributed by atoms with van der Waals surface area (Å²) in [6, 6.07) is 4.21. The van der Waals surface area contributed by atoms with Gasteiger partial charge in [0, 0.05) is 18.0 Å². The van der Waals surface area contributed by atoms with E-state index in [-0.39, 0.29) is 0 Å². The highest BCUT2D eigenvalue weighted by molar-refractivity contribution is 7.99. The average Bonchev–Trinajstić information content (AvgIpc) is 2.19. The molecule has 0 aromatic carbocycles. The molecule has 1 aliphatic heterocycles. The smallest absolute Gasteiger partial charge is 0.0965 e.